The first kappa shape index (κ1) is 23.8. The molecular weight excluding hydrogens is 482 g/mol. The molecule has 1 N–H and O–H groups in total. The molecule has 1 aliphatic carbocycles. The Hall–Kier alpha value is -3.57. The quantitative estimate of drug-likeness (QED) is 0.342. The molecule has 37 heavy (non-hydrogen) atoms. The van der Waals surface area contributed by atoms with Crippen LogP contribution >= 0.6 is 11.6 Å². The van der Waals surface area contributed by atoms with E-state index in [9.17, 15) is 9.59 Å². The fourth-order valence-electron chi connectivity index (χ4n) is 6.03. The summed E-state index contributed by atoms with van der Waals surface area (Å²) in [6, 6.07) is 27.3. The highest BCUT2D eigenvalue weighted by Gasteiger charge is 2.53. The number of para-hydroxylation sites is 1. The number of carbonyl (C=O) groups is 2. The van der Waals surface area contributed by atoms with Crippen LogP contribution in [0.25, 0.3) is 10.9 Å². The molecule has 2 amide bonds. The second-order valence-electron chi connectivity index (χ2n) is 10.2. The Kier molecular flexibility index (Phi) is 6.25. The number of rotatable bonds is 5. The fourth-order valence-corrected chi connectivity index (χ4v) is 6.22. The molecule has 0 bridgehead atoms. The van der Waals surface area contributed by atoms with Gasteiger partial charge in [-0.05, 0) is 42.2 Å². The molecule has 188 valence electrons. The van der Waals surface area contributed by atoms with Gasteiger partial charge in [0.1, 0.15) is 5.69 Å². The number of amides is 2. The Morgan fingerprint density at radius 2 is 1.62 bits per heavy atom. The molecule has 1 fully saturated rings. The molecule has 6 heteroatoms. The van der Waals surface area contributed by atoms with Gasteiger partial charge in [-0.1, -0.05) is 97.6 Å². The average Bonchev–Trinajstić information content (AvgIpc) is 3.31. The lowest BCUT2D eigenvalue weighted by Crippen LogP contribution is -2.64. The molecule has 1 aromatic heterocycles. The van der Waals surface area contributed by atoms with Gasteiger partial charge in [0.05, 0.1) is 6.54 Å². The van der Waals surface area contributed by atoms with Crippen LogP contribution in [0.15, 0.2) is 84.9 Å². The summed E-state index contributed by atoms with van der Waals surface area (Å²) in [4.78, 5) is 30.7. The van der Waals surface area contributed by atoms with Crippen LogP contribution in [0.5, 0.6) is 0 Å². The number of benzene rings is 3. The normalized spacial score (nSPS) is 20.1. The van der Waals surface area contributed by atoms with E-state index in [0.717, 1.165) is 47.7 Å². The number of hydrogen-bond donors (Lipinski definition) is 1. The molecule has 1 saturated carbocycles. The van der Waals surface area contributed by atoms with Gasteiger partial charge < -0.3 is 14.8 Å². The van der Waals surface area contributed by atoms with E-state index in [4.69, 9.17) is 11.6 Å². The summed E-state index contributed by atoms with van der Waals surface area (Å²) in [5.41, 5.74) is 1.92. The Bertz CT molecular complexity index is 1460. The van der Waals surface area contributed by atoms with Crippen molar-refractivity contribution in [1.82, 2.24) is 14.8 Å². The van der Waals surface area contributed by atoms with E-state index in [1.54, 1.807) is 4.90 Å². The van der Waals surface area contributed by atoms with Crippen LogP contribution in [0.1, 0.15) is 53.7 Å². The van der Waals surface area contributed by atoms with Gasteiger partial charge in [0.25, 0.3) is 11.8 Å². The monoisotopic (exact) mass is 511 g/mol. The summed E-state index contributed by atoms with van der Waals surface area (Å²) in [6.45, 7) is 0.557. The zero-order valence-electron chi connectivity index (χ0n) is 20.7. The lowest BCUT2D eigenvalue weighted by molar-refractivity contribution is -0.136. The summed E-state index contributed by atoms with van der Waals surface area (Å²) < 4.78 is 2.02. The molecule has 0 unspecified atom stereocenters. The van der Waals surface area contributed by atoms with Crippen LogP contribution in [0, 0.1) is 0 Å². The lowest BCUT2D eigenvalue weighted by atomic mass is 9.83. The highest BCUT2D eigenvalue weighted by molar-refractivity contribution is 6.31. The highest BCUT2D eigenvalue weighted by atomic mass is 35.5. The summed E-state index contributed by atoms with van der Waals surface area (Å²) >= 11 is 6.59. The number of halogens is 1. The smallest absolute Gasteiger partial charge is 0.272 e. The van der Waals surface area contributed by atoms with Gasteiger partial charge in [-0.25, -0.2) is 0 Å². The molecule has 6 rings (SSSR count). The first-order valence-corrected chi connectivity index (χ1v) is 13.5. The summed E-state index contributed by atoms with van der Waals surface area (Å²) in [5.74, 6) is -0.306. The SMILES string of the molecule is O=C1c2cc3ccccc3n2C[C@](C(=O)NC2CCCCC2)(c2ccccc2)N1Cc1ccccc1Cl. The third-order valence-electron chi connectivity index (χ3n) is 7.98. The van der Waals surface area contributed by atoms with Gasteiger partial charge in [-0.3, -0.25) is 9.59 Å². The number of hydrogen-bond acceptors (Lipinski definition) is 2. The van der Waals surface area contributed by atoms with E-state index < -0.39 is 5.54 Å². The Morgan fingerprint density at radius 3 is 2.41 bits per heavy atom. The molecule has 1 aliphatic heterocycles. The second-order valence-corrected chi connectivity index (χ2v) is 10.6. The van der Waals surface area contributed by atoms with Crippen LogP contribution in [-0.2, 0) is 23.4 Å². The highest BCUT2D eigenvalue weighted by Crippen LogP contribution is 2.41. The number of fused-ring (bicyclic) bond motifs is 3. The topological polar surface area (TPSA) is 54.3 Å². The third-order valence-corrected chi connectivity index (χ3v) is 8.34. The molecule has 1 atom stereocenters. The Balaban J connectivity index is 1.55. The minimum atomic E-state index is -1.23. The number of nitrogens with one attached hydrogen (secondary N) is 1. The molecule has 0 saturated heterocycles. The zero-order valence-corrected chi connectivity index (χ0v) is 21.5. The fraction of sp³-hybridized carbons (Fsp3) is 0.290. The molecule has 0 radical (unpaired) electrons. The molecule has 2 heterocycles. The first-order chi connectivity index (χ1) is 18.1. The van der Waals surface area contributed by atoms with Crippen LogP contribution in [-0.4, -0.2) is 27.3 Å². The number of nitrogens with zero attached hydrogens (tertiary/aromatic N) is 2. The van der Waals surface area contributed by atoms with Crippen molar-refractivity contribution in [3.05, 3.63) is 107 Å². The minimum Gasteiger partial charge on any atom is -0.351 e. The van der Waals surface area contributed by atoms with Crippen molar-refractivity contribution in [1.29, 1.82) is 0 Å². The summed E-state index contributed by atoms with van der Waals surface area (Å²) in [7, 11) is 0. The van der Waals surface area contributed by atoms with Crippen molar-refractivity contribution in [2.45, 2.75) is 56.8 Å². The predicted molar refractivity (Wildman–Crippen MR) is 146 cm³/mol. The van der Waals surface area contributed by atoms with E-state index >= 15 is 0 Å². The van der Waals surface area contributed by atoms with E-state index in [0.29, 0.717) is 17.3 Å². The van der Waals surface area contributed by atoms with Crippen molar-refractivity contribution in [3.63, 3.8) is 0 Å². The Labute approximate surface area is 222 Å². The average molecular weight is 512 g/mol. The summed E-state index contributed by atoms with van der Waals surface area (Å²) in [6.07, 6.45) is 5.35. The Morgan fingerprint density at radius 1 is 0.919 bits per heavy atom. The molecule has 0 spiro atoms. The lowest BCUT2D eigenvalue weighted by Gasteiger charge is -2.47. The largest absolute Gasteiger partial charge is 0.351 e. The molecule has 3 aromatic carbocycles. The number of carbonyl (C=O) groups excluding carboxylic acids is 2. The van der Waals surface area contributed by atoms with Crippen molar-refractivity contribution in [2.24, 2.45) is 0 Å². The van der Waals surface area contributed by atoms with Crippen molar-refractivity contribution < 1.29 is 9.59 Å². The van der Waals surface area contributed by atoms with E-state index in [1.165, 1.54) is 6.42 Å². The van der Waals surface area contributed by atoms with Gasteiger partial charge in [-0.15, -0.1) is 0 Å². The predicted octanol–water partition coefficient (Wildman–Crippen LogP) is 6.30. The molecule has 4 aromatic rings. The molecule has 2 aliphatic rings. The second kappa shape index (κ2) is 9.71. The maximum absolute atomic E-state index is 14.5. The standard InChI is InChI=1S/C31H30ClN3O2/c32-26-17-9-7-12-23(26)20-35-29(36)28-19-22-11-8-10-18-27(22)34(28)21-31(35,24-13-3-1-4-14-24)30(37)33-25-15-5-2-6-16-25/h1,3-4,7-14,17-19,25H,2,5-6,15-16,20-21H2,(H,33,37)/t31-/m1/s1. The van der Waals surface area contributed by atoms with E-state index in [1.807, 2.05) is 89.5 Å². The van der Waals surface area contributed by atoms with Crippen molar-refractivity contribution >= 4 is 34.3 Å². The minimum absolute atomic E-state index is 0.113. The van der Waals surface area contributed by atoms with Crippen molar-refractivity contribution in [3.8, 4) is 0 Å². The number of aromatic nitrogens is 1. The van der Waals surface area contributed by atoms with Gasteiger partial charge >= 0.3 is 0 Å². The van der Waals surface area contributed by atoms with Crippen LogP contribution in [0.3, 0.4) is 0 Å². The maximum atomic E-state index is 14.5. The third kappa shape index (κ3) is 4.11. The van der Waals surface area contributed by atoms with Crippen LogP contribution in [0.4, 0.5) is 0 Å². The van der Waals surface area contributed by atoms with Gasteiger partial charge in [0, 0.05) is 28.5 Å². The van der Waals surface area contributed by atoms with Gasteiger partial charge in [-0.2, -0.15) is 0 Å². The van der Waals surface area contributed by atoms with Gasteiger partial charge in [0.15, 0.2) is 5.54 Å². The van der Waals surface area contributed by atoms with Gasteiger partial charge in [0.2, 0.25) is 0 Å². The maximum Gasteiger partial charge on any atom is 0.272 e. The van der Waals surface area contributed by atoms with E-state index in [2.05, 4.69) is 5.32 Å². The zero-order chi connectivity index (χ0) is 25.4. The van der Waals surface area contributed by atoms with E-state index in [-0.39, 0.29) is 24.4 Å². The van der Waals surface area contributed by atoms with Crippen LogP contribution < -0.4 is 5.32 Å². The molecule has 5 nitrogen and oxygen atoms in total. The summed E-state index contributed by atoms with van der Waals surface area (Å²) in [5, 5.41) is 4.94. The first-order valence-electron chi connectivity index (χ1n) is 13.1. The van der Waals surface area contributed by atoms with Crippen LogP contribution in [0.2, 0.25) is 5.02 Å². The van der Waals surface area contributed by atoms with Crippen molar-refractivity contribution in [2.75, 3.05) is 0 Å². The molecular formula is C31H30ClN3O2.